The van der Waals surface area contributed by atoms with E-state index in [2.05, 4.69) is 43.8 Å². The zero-order valence-electron chi connectivity index (χ0n) is 9.53. The van der Waals surface area contributed by atoms with E-state index >= 15 is 0 Å². The van der Waals surface area contributed by atoms with Gasteiger partial charge in [0.2, 0.25) is 0 Å². The van der Waals surface area contributed by atoms with Crippen molar-refractivity contribution in [3.63, 3.8) is 0 Å². The van der Waals surface area contributed by atoms with E-state index in [4.69, 9.17) is 0 Å². The molecule has 1 nitrogen and oxygen atoms in total. The summed E-state index contributed by atoms with van der Waals surface area (Å²) in [6.07, 6.45) is 2.85. The van der Waals surface area contributed by atoms with Gasteiger partial charge in [0.05, 0.1) is 5.60 Å². The molecule has 1 unspecified atom stereocenters. The average Bonchev–Trinajstić information content (AvgIpc) is 2.21. The second-order valence-electron chi connectivity index (χ2n) is 4.49. The van der Waals surface area contributed by atoms with Crippen LogP contribution in [0.4, 0.5) is 0 Å². The van der Waals surface area contributed by atoms with Crippen molar-refractivity contribution < 1.29 is 5.11 Å². The lowest BCUT2D eigenvalue weighted by atomic mass is 9.98. The second-order valence-corrected chi connectivity index (χ2v) is 4.81. The highest BCUT2D eigenvalue weighted by atomic mass is 32.1. The van der Waals surface area contributed by atoms with Crippen LogP contribution in [0.5, 0.6) is 0 Å². The third-order valence-corrected chi connectivity index (χ3v) is 3.32. The van der Waals surface area contributed by atoms with E-state index in [1.54, 1.807) is 0 Å². The Hall–Kier alpha value is -0.470. The van der Waals surface area contributed by atoms with Crippen LogP contribution in [0, 0.1) is 6.92 Å². The fourth-order valence-corrected chi connectivity index (χ4v) is 1.67. The summed E-state index contributed by atoms with van der Waals surface area (Å²) in [5.41, 5.74) is 2.02. The van der Waals surface area contributed by atoms with Crippen molar-refractivity contribution in [2.24, 2.45) is 0 Å². The molecule has 0 amide bonds. The molecule has 2 heteroatoms. The van der Waals surface area contributed by atoms with Gasteiger partial charge in [0.15, 0.2) is 0 Å². The lowest BCUT2D eigenvalue weighted by Gasteiger charge is -2.20. The van der Waals surface area contributed by atoms with Crippen LogP contribution in [0.25, 0.3) is 0 Å². The summed E-state index contributed by atoms with van der Waals surface area (Å²) in [6.45, 7) is 3.94. The van der Waals surface area contributed by atoms with Crippen molar-refractivity contribution in [2.45, 2.75) is 38.7 Å². The highest BCUT2D eigenvalue weighted by Gasteiger charge is 2.16. The van der Waals surface area contributed by atoms with Gasteiger partial charge in [-0.15, -0.1) is 0 Å². The van der Waals surface area contributed by atoms with Gasteiger partial charge in [-0.25, -0.2) is 0 Å². The van der Waals surface area contributed by atoms with E-state index in [1.807, 2.05) is 6.92 Å². The van der Waals surface area contributed by atoms with Crippen LogP contribution in [0.2, 0.25) is 0 Å². The van der Waals surface area contributed by atoms with Crippen molar-refractivity contribution in [3.8, 4) is 0 Å². The van der Waals surface area contributed by atoms with Crippen molar-refractivity contribution in [1.29, 1.82) is 0 Å². The molecule has 0 aliphatic carbocycles. The summed E-state index contributed by atoms with van der Waals surface area (Å²) in [7, 11) is 0. The Morgan fingerprint density at radius 3 is 2.40 bits per heavy atom. The predicted octanol–water partition coefficient (Wildman–Crippen LogP) is 3.00. The van der Waals surface area contributed by atoms with E-state index in [0.29, 0.717) is 5.75 Å². The number of aliphatic hydroxyl groups is 1. The summed E-state index contributed by atoms with van der Waals surface area (Å²) in [6, 6.07) is 8.58. The van der Waals surface area contributed by atoms with Gasteiger partial charge in [0, 0.05) is 5.75 Å². The van der Waals surface area contributed by atoms with Gasteiger partial charge in [0.25, 0.3) is 0 Å². The van der Waals surface area contributed by atoms with E-state index in [-0.39, 0.29) is 0 Å². The maximum absolute atomic E-state index is 9.77. The third-order valence-electron chi connectivity index (χ3n) is 2.64. The largest absolute Gasteiger partial charge is 0.389 e. The van der Waals surface area contributed by atoms with Crippen LogP contribution in [-0.2, 0) is 6.42 Å². The number of hydrogen-bond donors (Lipinski definition) is 2. The molecule has 0 aromatic heterocycles. The molecule has 1 N–H and O–H groups in total. The molecular formula is C13H20OS. The van der Waals surface area contributed by atoms with Crippen molar-refractivity contribution in [2.75, 3.05) is 5.75 Å². The zero-order chi connectivity index (χ0) is 11.3. The molecule has 0 heterocycles. The summed E-state index contributed by atoms with van der Waals surface area (Å²) < 4.78 is 0. The summed E-state index contributed by atoms with van der Waals surface area (Å²) in [5, 5.41) is 9.77. The summed E-state index contributed by atoms with van der Waals surface area (Å²) in [4.78, 5) is 0. The Morgan fingerprint density at radius 1 is 1.27 bits per heavy atom. The maximum atomic E-state index is 9.77. The first-order chi connectivity index (χ1) is 7.03. The highest BCUT2D eigenvalue weighted by molar-refractivity contribution is 7.80. The van der Waals surface area contributed by atoms with E-state index in [1.165, 1.54) is 11.1 Å². The summed E-state index contributed by atoms with van der Waals surface area (Å²) in [5.74, 6) is 0.529. The van der Waals surface area contributed by atoms with Gasteiger partial charge < -0.3 is 5.11 Å². The first-order valence-electron chi connectivity index (χ1n) is 5.42. The Bertz CT molecular complexity index is 290. The van der Waals surface area contributed by atoms with E-state index < -0.39 is 5.60 Å². The molecule has 84 valence electrons. The molecule has 0 spiro atoms. The van der Waals surface area contributed by atoms with Crippen molar-refractivity contribution in [1.82, 2.24) is 0 Å². The van der Waals surface area contributed by atoms with Crippen LogP contribution in [0.15, 0.2) is 24.3 Å². The molecule has 1 aromatic rings. The first-order valence-corrected chi connectivity index (χ1v) is 6.05. The monoisotopic (exact) mass is 224 g/mol. The molecule has 0 radical (unpaired) electrons. The van der Waals surface area contributed by atoms with Gasteiger partial charge in [0.1, 0.15) is 0 Å². The standard InChI is InChI=1S/C13H20OS/c1-11-5-7-12(8-6-11)4-3-9-13(2,14)10-15/h5-8,14-15H,3-4,9-10H2,1-2H3. The Balaban J connectivity index is 2.35. The van der Waals surface area contributed by atoms with Crippen molar-refractivity contribution in [3.05, 3.63) is 35.4 Å². The Kier molecular flexibility index (Phi) is 4.68. The van der Waals surface area contributed by atoms with Crippen LogP contribution in [0.3, 0.4) is 0 Å². The third kappa shape index (κ3) is 4.72. The molecule has 1 rings (SSSR count). The Labute approximate surface area is 97.9 Å². The normalized spacial score (nSPS) is 14.9. The zero-order valence-corrected chi connectivity index (χ0v) is 10.4. The summed E-state index contributed by atoms with van der Waals surface area (Å²) >= 11 is 4.12. The van der Waals surface area contributed by atoms with Crippen LogP contribution in [0.1, 0.15) is 30.9 Å². The van der Waals surface area contributed by atoms with Gasteiger partial charge in [-0.1, -0.05) is 29.8 Å². The Morgan fingerprint density at radius 2 is 1.87 bits per heavy atom. The molecule has 1 aromatic carbocycles. The minimum absolute atomic E-state index is 0.529. The second kappa shape index (κ2) is 5.57. The predicted molar refractivity (Wildman–Crippen MR) is 68.6 cm³/mol. The first kappa shape index (κ1) is 12.6. The number of thiol groups is 1. The molecular weight excluding hydrogens is 204 g/mol. The lowest BCUT2D eigenvalue weighted by Crippen LogP contribution is -2.26. The molecule has 0 fully saturated rings. The maximum Gasteiger partial charge on any atom is 0.0707 e. The number of benzene rings is 1. The highest BCUT2D eigenvalue weighted by Crippen LogP contribution is 2.16. The fourth-order valence-electron chi connectivity index (χ4n) is 1.51. The van der Waals surface area contributed by atoms with E-state index in [0.717, 1.165) is 19.3 Å². The molecule has 0 saturated heterocycles. The smallest absolute Gasteiger partial charge is 0.0707 e. The fraction of sp³-hybridized carbons (Fsp3) is 0.538. The molecule has 0 bridgehead atoms. The number of rotatable bonds is 5. The van der Waals surface area contributed by atoms with Crippen LogP contribution in [-0.4, -0.2) is 16.5 Å². The van der Waals surface area contributed by atoms with Gasteiger partial charge >= 0.3 is 0 Å². The quantitative estimate of drug-likeness (QED) is 0.737. The molecule has 0 aliphatic heterocycles. The molecule has 0 saturated carbocycles. The van der Waals surface area contributed by atoms with Gasteiger partial charge in [-0.2, -0.15) is 12.6 Å². The van der Waals surface area contributed by atoms with Gasteiger partial charge in [-0.3, -0.25) is 0 Å². The SMILES string of the molecule is Cc1ccc(CCCC(C)(O)CS)cc1. The lowest BCUT2D eigenvalue weighted by molar-refractivity contribution is 0.0743. The van der Waals surface area contributed by atoms with Gasteiger partial charge in [-0.05, 0) is 38.7 Å². The molecule has 15 heavy (non-hydrogen) atoms. The minimum atomic E-state index is -0.617. The average molecular weight is 224 g/mol. The molecule has 0 aliphatic rings. The van der Waals surface area contributed by atoms with Crippen molar-refractivity contribution >= 4 is 12.6 Å². The topological polar surface area (TPSA) is 20.2 Å². The van der Waals surface area contributed by atoms with Crippen LogP contribution < -0.4 is 0 Å². The van der Waals surface area contributed by atoms with E-state index in [9.17, 15) is 5.11 Å². The van der Waals surface area contributed by atoms with Crippen LogP contribution >= 0.6 is 12.6 Å². The molecule has 1 atom stereocenters. The number of hydrogen-bond acceptors (Lipinski definition) is 2. The number of aryl methyl sites for hydroxylation is 2. The minimum Gasteiger partial charge on any atom is -0.389 e.